The Morgan fingerprint density at radius 2 is 2.00 bits per heavy atom. The Balaban J connectivity index is 2.23. The molecule has 0 fully saturated rings. The van der Waals surface area contributed by atoms with Gasteiger partial charge in [0.1, 0.15) is 0 Å². The molecule has 1 aromatic heterocycles. The number of nitrogens with zero attached hydrogens (tertiary/aromatic N) is 1. The van der Waals surface area contributed by atoms with E-state index in [1.54, 1.807) is 35.2 Å². The van der Waals surface area contributed by atoms with Gasteiger partial charge in [0.2, 0.25) is 5.91 Å². The Morgan fingerprint density at radius 1 is 1.26 bits per heavy atom. The second-order valence-electron chi connectivity index (χ2n) is 4.38. The van der Waals surface area contributed by atoms with Gasteiger partial charge in [-0.05, 0) is 36.2 Å². The normalized spacial score (nSPS) is 10.4. The molecule has 0 saturated heterocycles. The van der Waals surface area contributed by atoms with Crippen LogP contribution in [0.25, 0.3) is 0 Å². The number of carboxylic acids is 1. The van der Waals surface area contributed by atoms with Gasteiger partial charge in [-0.1, -0.05) is 6.07 Å². The fraction of sp³-hybridized carbons (Fsp3) is 0.143. The summed E-state index contributed by atoms with van der Waals surface area (Å²) in [6.07, 6.45) is 3.29. The minimum Gasteiger partial charge on any atom is -0.478 e. The topological polar surface area (TPSA) is 85.3 Å². The average molecular weight is 258 g/mol. The Kier molecular flexibility index (Phi) is 3.37. The van der Waals surface area contributed by atoms with E-state index in [0.29, 0.717) is 12.1 Å². The highest BCUT2D eigenvalue weighted by molar-refractivity contribution is 5.93. The van der Waals surface area contributed by atoms with Crippen LogP contribution in [-0.4, -0.2) is 21.6 Å². The molecule has 5 heteroatoms. The monoisotopic (exact) mass is 258 g/mol. The lowest BCUT2D eigenvalue weighted by Crippen LogP contribution is -2.11. The third-order valence-corrected chi connectivity index (χ3v) is 2.98. The zero-order valence-corrected chi connectivity index (χ0v) is 10.5. The van der Waals surface area contributed by atoms with Crippen molar-refractivity contribution in [3.05, 3.63) is 58.9 Å². The molecule has 0 aliphatic heterocycles. The smallest absolute Gasteiger partial charge is 0.337 e. The van der Waals surface area contributed by atoms with Gasteiger partial charge in [-0.15, -0.1) is 0 Å². The molecule has 3 N–H and O–H groups in total. The summed E-state index contributed by atoms with van der Waals surface area (Å²) < 4.78 is 1.79. The first kappa shape index (κ1) is 12.9. The molecule has 5 nitrogen and oxygen atoms in total. The van der Waals surface area contributed by atoms with Gasteiger partial charge in [0.25, 0.3) is 0 Å². The molecule has 1 aromatic carbocycles. The van der Waals surface area contributed by atoms with E-state index in [-0.39, 0.29) is 5.56 Å². The van der Waals surface area contributed by atoms with Crippen LogP contribution in [-0.2, 0) is 6.54 Å². The van der Waals surface area contributed by atoms with Gasteiger partial charge in [-0.2, -0.15) is 0 Å². The van der Waals surface area contributed by atoms with Crippen LogP contribution in [0, 0.1) is 6.92 Å². The number of carbonyl (C=O) groups is 2. The maximum Gasteiger partial charge on any atom is 0.337 e. The predicted molar refractivity (Wildman–Crippen MR) is 70.2 cm³/mol. The van der Waals surface area contributed by atoms with E-state index in [1.165, 1.54) is 0 Å². The molecule has 0 spiro atoms. The fourth-order valence-corrected chi connectivity index (χ4v) is 1.89. The number of aromatic nitrogens is 1. The summed E-state index contributed by atoms with van der Waals surface area (Å²) in [5, 5.41) is 8.85. The number of hydrogen-bond donors (Lipinski definition) is 2. The molecule has 0 atom stereocenters. The zero-order chi connectivity index (χ0) is 14.0. The molecule has 0 saturated carbocycles. The number of carbonyl (C=O) groups excluding carboxylic acids is 1. The molecular formula is C14H14N2O3. The van der Waals surface area contributed by atoms with Gasteiger partial charge >= 0.3 is 5.97 Å². The number of aryl methyl sites for hydroxylation is 1. The summed E-state index contributed by atoms with van der Waals surface area (Å²) in [6, 6.07) is 6.79. The Hall–Kier alpha value is -2.56. The van der Waals surface area contributed by atoms with Crippen molar-refractivity contribution in [3.63, 3.8) is 0 Å². The van der Waals surface area contributed by atoms with Gasteiger partial charge in [0.05, 0.1) is 5.56 Å². The summed E-state index contributed by atoms with van der Waals surface area (Å²) in [6.45, 7) is 2.45. The molecule has 0 unspecified atom stereocenters. The van der Waals surface area contributed by atoms with Crippen molar-refractivity contribution < 1.29 is 14.7 Å². The van der Waals surface area contributed by atoms with Crippen molar-refractivity contribution in [3.8, 4) is 0 Å². The lowest BCUT2D eigenvalue weighted by atomic mass is 10.0. The first-order valence-corrected chi connectivity index (χ1v) is 5.76. The molecule has 0 radical (unpaired) electrons. The van der Waals surface area contributed by atoms with E-state index in [4.69, 9.17) is 10.8 Å². The number of rotatable bonds is 4. The van der Waals surface area contributed by atoms with E-state index in [0.717, 1.165) is 11.1 Å². The highest BCUT2D eigenvalue weighted by atomic mass is 16.4. The number of carboxylic acid groups (broad SMARTS) is 1. The van der Waals surface area contributed by atoms with Crippen molar-refractivity contribution >= 4 is 11.9 Å². The van der Waals surface area contributed by atoms with Crippen LogP contribution < -0.4 is 5.73 Å². The quantitative estimate of drug-likeness (QED) is 0.874. The number of benzene rings is 1. The molecule has 0 aliphatic carbocycles. The Labute approximate surface area is 110 Å². The molecule has 1 amide bonds. The van der Waals surface area contributed by atoms with Crippen molar-refractivity contribution in [1.29, 1.82) is 0 Å². The average Bonchev–Trinajstić information content (AvgIpc) is 2.80. The van der Waals surface area contributed by atoms with Crippen LogP contribution in [0.5, 0.6) is 0 Å². The van der Waals surface area contributed by atoms with Crippen LogP contribution in [0.4, 0.5) is 0 Å². The van der Waals surface area contributed by atoms with Gasteiger partial charge < -0.3 is 15.4 Å². The lowest BCUT2D eigenvalue weighted by molar-refractivity contribution is 0.0696. The van der Waals surface area contributed by atoms with Gasteiger partial charge in [-0.25, -0.2) is 4.79 Å². The highest BCUT2D eigenvalue weighted by Crippen LogP contribution is 2.13. The second kappa shape index (κ2) is 4.97. The molecule has 2 rings (SSSR count). The summed E-state index contributed by atoms with van der Waals surface area (Å²) in [7, 11) is 0. The number of amides is 1. The van der Waals surface area contributed by atoms with E-state index in [9.17, 15) is 9.59 Å². The van der Waals surface area contributed by atoms with E-state index in [1.807, 2.05) is 13.0 Å². The van der Waals surface area contributed by atoms with Crippen molar-refractivity contribution in [2.45, 2.75) is 13.5 Å². The second-order valence-corrected chi connectivity index (χ2v) is 4.38. The largest absolute Gasteiger partial charge is 0.478 e. The number of primary amides is 1. The molecular weight excluding hydrogens is 244 g/mol. The van der Waals surface area contributed by atoms with E-state index < -0.39 is 11.9 Å². The summed E-state index contributed by atoms with van der Waals surface area (Å²) in [5.74, 6) is -1.40. The number of hydrogen-bond acceptors (Lipinski definition) is 2. The number of aromatic carboxylic acids is 1. The first-order chi connectivity index (χ1) is 8.97. The molecule has 98 valence electrons. The predicted octanol–water partition coefficient (Wildman–Crippen LogP) is 1.64. The van der Waals surface area contributed by atoms with Crippen LogP contribution in [0.15, 0.2) is 36.7 Å². The van der Waals surface area contributed by atoms with Crippen molar-refractivity contribution in [2.75, 3.05) is 0 Å². The lowest BCUT2D eigenvalue weighted by Gasteiger charge is -2.08. The summed E-state index contributed by atoms with van der Waals surface area (Å²) >= 11 is 0. The van der Waals surface area contributed by atoms with Gasteiger partial charge in [0.15, 0.2) is 0 Å². The van der Waals surface area contributed by atoms with Crippen LogP contribution in [0.2, 0.25) is 0 Å². The minimum absolute atomic E-state index is 0.256. The van der Waals surface area contributed by atoms with Crippen LogP contribution in [0.1, 0.15) is 31.8 Å². The van der Waals surface area contributed by atoms with E-state index in [2.05, 4.69) is 0 Å². The van der Waals surface area contributed by atoms with Gasteiger partial charge in [0, 0.05) is 24.5 Å². The molecule has 1 heterocycles. The van der Waals surface area contributed by atoms with Crippen LogP contribution >= 0.6 is 0 Å². The summed E-state index contributed by atoms with van der Waals surface area (Å²) in [5.41, 5.74) is 7.90. The zero-order valence-electron chi connectivity index (χ0n) is 10.5. The SMILES string of the molecule is Cc1cc(C(N)=O)ccc1Cn1ccc(C(=O)O)c1. The first-order valence-electron chi connectivity index (χ1n) is 5.76. The van der Waals surface area contributed by atoms with Crippen molar-refractivity contribution in [2.24, 2.45) is 5.73 Å². The maximum atomic E-state index is 11.1. The van der Waals surface area contributed by atoms with Crippen LogP contribution in [0.3, 0.4) is 0 Å². The summed E-state index contributed by atoms with van der Waals surface area (Å²) in [4.78, 5) is 21.8. The molecule has 19 heavy (non-hydrogen) atoms. The maximum absolute atomic E-state index is 11.1. The fourth-order valence-electron chi connectivity index (χ4n) is 1.89. The third-order valence-electron chi connectivity index (χ3n) is 2.98. The standard InChI is InChI=1S/C14H14N2O3/c1-9-6-10(13(15)17)2-3-11(9)7-16-5-4-12(8-16)14(18)19/h2-6,8H,7H2,1H3,(H2,15,17)(H,18,19). The molecule has 0 aliphatic rings. The third kappa shape index (κ3) is 2.82. The Bertz CT molecular complexity index is 644. The number of nitrogens with two attached hydrogens (primary N) is 1. The van der Waals surface area contributed by atoms with E-state index >= 15 is 0 Å². The highest BCUT2D eigenvalue weighted by Gasteiger charge is 2.07. The van der Waals surface area contributed by atoms with Crippen molar-refractivity contribution in [1.82, 2.24) is 4.57 Å². The Morgan fingerprint density at radius 3 is 2.53 bits per heavy atom. The van der Waals surface area contributed by atoms with Gasteiger partial charge in [-0.3, -0.25) is 4.79 Å². The molecule has 2 aromatic rings. The molecule has 0 bridgehead atoms. The minimum atomic E-state index is -0.945.